The van der Waals surface area contributed by atoms with Gasteiger partial charge in [-0.3, -0.25) is 4.79 Å². The van der Waals surface area contributed by atoms with Crippen LogP contribution in [0.1, 0.15) is 26.3 Å². The summed E-state index contributed by atoms with van der Waals surface area (Å²) in [6, 6.07) is 8.13. The van der Waals surface area contributed by atoms with Gasteiger partial charge in [0.25, 0.3) is 5.56 Å². The van der Waals surface area contributed by atoms with Crippen molar-refractivity contribution in [3.8, 4) is 5.75 Å². The van der Waals surface area contributed by atoms with Crippen LogP contribution in [0.2, 0.25) is 0 Å². The summed E-state index contributed by atoms with van der Waals surface area (Å²) in [5, 5.41) is 1.14. The molecule has 1 aliphatic rings. The first-order valence-electron chi connectivity index (χ1n) is 6.91. The van der Waals surface area contributed by atoms with E-state index in [1.807, 2.05) is 25.1 Å². The third-order valence-corrected chi connectivity index (χ3v) is 5.10. The van der Waals surface area contributed by atoms with Crippen LogP contribution in [0.25, 0.3) is 10.9 Å². The Morgan fingerprint density at radius 2 is 2.05 bits per heavy atom. The Kier molecular flexibility index (Phi) is 3.31. The number of benzene rings is 1. The fraction of sp³-hybridized carbons (Fsp3) is 0.438. The monoisotopic (exact) mass is 383 g/mol. The van der Waals surface area contributed by atoms with Gasteiger partial charge >= 0.3 is 0 Å². The average molecular weight is 383 g/mol. The number of aromatic nitrogens is 1. The van der Waals surface area contributed by atoms with Gasteiger partial charge in [-0.2, -0.15) is 0 Å². The lowest BCUT2D eigenvalue weighted by molar-refractivity contribution is 0.191. The predicted molar refractivity (Wildman–Crippen MR) is 90.2 cm³/mol. The highest BCUT2D eigenvalue weighted by molar-refractivity contribution is 14.1. The lowest BCUT2D eigenvalue weighted by Crippen LogP contribution is -2.33. The SMILES string of the molecule is CCn1c(=O)c2c(c3ccccc31)C(C)(C)C(CI)O2. The molecule has 106 valence electrons. The predicted octanol–water partition coefficient (Wildman–Crippen LogP) is 3.50. The zero-order valence-electron chi connectivity index (χ0n) is 11.9. The van der Waals surface area contributed by atoms with Gasteiger partial charge in [-0.1, -0.05) is 54.6 Å². The maximum absolute atomic E-state index is 12.7. The first kappa shape index (κ1) is 13.9. The molecule has 2 aromatic rings. The Bertz CT molecular complexity index is 733. The van der Waals surface area contributed by atoms with Crippen molar-refractivity contribution in [2.75, 3.05) is 4.43 Å². The molecule has 0 amide bonds. The topological polar surface area (TPSA) is 31.2 Å². The molecule has 3 nitrogen and oxygen atoms in total. The van der Waals surface area contributed by atoms with Gasteiger partial charge in [0, 0.05) is 27.3 Å². The highest BCUT2D eigenvalue weighted by atomic mass is 127. The van der Waals surface area contributed by atoms with Crippen LogP contribution in [0.15, 0.2) is 29.1 Å². The molecule has 20 heavy (non-hydrogen) atoms. The van der Waals surface area contributed by atoms with Crippen LogP contribution in [-0.4, -0.2) is 15.1 Å². The molecule has 1 atom stereocenters. The number of alkyl halides is 1. The number of pyridine rings is 1. The molecule has 2 heterocycles. The molecule has 1 aromatic heterocycles. The highest BCUT2D eigenvalue weighted by Gasteiger charge is 2.44. The van der Waals surface area contributed by atoms with Gasteiger partial charge in [0.15, 0.2) is 5.75 Å². The van der Waals surface area contributed by atoms with E-state index in [-0.39, 0.29) is 17.1 Å². The Hall–Kier alpha value is -1.04. The summed E-state index contributed by atoms with van der Waals surface area (Å²) < 4.78 is 8.69. The lowest BCUT2D eigenvalue weighted by Gasteiger charge is -2.25. The Balaban J connectivity index is 2.46. The second-order valence-corrected chi connectivity index (χ2v) is 6.63. The molecule has 4 heteroatoms. The molecule has 0 fully saturated rings. The fourth-order valence-corrected chi connectivity index (χ4v) is 4.40. The summed E-state index contributed by atoms with van der Waals surface area (Å²) in [6.07, 6.45) is 0.0573. The number of aryl methyl sites for hydroxylation is 1. The smallest absolute Gasteiger partial charge is 0.293 e. The molecule has 0 saturated heterocycles. The van der Waals surface area contributed by atoms with Crippen molar-refractivity contribution in [1.29, 1.82) is 0 Å². The van der Waals surface area contributed by atoms with E-state index in [1.165, 1.54) is 0 Å². The van der Waals surface area contributed by atoms with Crippen molar-refractivity contribution < 1.29 is 4.74 Å². The van der Waals surface area contributed by atoms with E-state index in [2.05, 4.69) is 42.5 Å². The average Bonchev–Trinajstić information content (AvgIpc) is 2.71. The van der Waals surface area contributed by atoms with E-state index in [0.29, 0.717) is 12.3 Å². The van der Waals surface area contributed by atoms with Crippen LogP contribution in [0.5, 0.6) is 5.75 Å². The third-order valence-electron chi connectivity index (χ3n) is 4.30. The molecule has 0 radical (unpaired) electrons. The quantitative estimate of drug-likeness (QED) is 0.587. The normalized spacial score (nSPS) is 19.9. The van der Waals surface area contributed by atoms with Gasteiger partial charge in [0.2, 0.25) is 0 Å². The molecule has 1 aromatic carbocycles. The van der Waals surface area contributed by atoms with E-state index in [0.717, 1.165) is 20.9 Å². The number of hydrogen-bond donors (Lipinski definition) is 0. The largest absolute Gasteiger partial charge is 0.483 e. The number of para-hydroxylation sites is 1. The fourth-order valence-electron chi connectivity index (χ4n) is 3.12. The molecule has 0 spiro atoms. The Morgan fingerprint density at radius 1 is 1.35 bits per heavy atom. The summed E-state index contributed by atoms with van der Waals surface area (Å²) in [7, 11) is 0. The van der Waals surface area contributed by atoms with Crippen LogP contribution in [-0.2, 0) is 12.0 Å². The number of fused-ring (bicyclic) bond motifs is 3. The summed E-state index contributed by atoms with van der Waals surface area (Å²) >= 11 is 2.33. The van der Waals surface area contributed by atoms with Crippen molar-refractivity contribution in [2.24, 2.45) is 0 Å². The Morgan fingerprint density at radius 3 is 2.70 bits per heavy atom. The van der Waals surface area contributed by atoms with Crippen LogP contribution in [0.4, 0.5) is 0 Å². The molecule has 0 bridgehead atoms. The molecule has 1 unspecified atom stereocenters. The molecular formula is C16H18INO2. The zero-order valence-corrected chi connectivity index (χ0v) is 14.1. The third kappa shape index (κ3) is 1.73. The minimum atomic E-state index is -0.137. The number of nitrogens with zero attached hydrogens (tertiary/aromatic N) is 1. The summed E-state index contributed by atoms with van der Waals surface area (Å²) in [5.74, 6) is 0.553. The summed E-state index contributed by atoms with van der Waals surface area (Å²) in [4.78, 5) is 12.7. The number of hydrogen-bond acceptors (Lipinski definition) is 2. The van der Waals surface area contributed by atoms with Crippen LogP contribution in [0.3, 0.4) is 0 Å². The van der Waals surface area contributed by atoms with Crippen molar-refractivity contribution in [2.45, 2.75) is 38.8 Å². The maximum Gasteiger partial charge on any atom is 0.293 e. The van der Waals surface area contributed by atoms with Crippen LogP contribution < -0.4 is 10.3 Å². The molecule has 3 rings (SSSR count). The number of rotatable bonds is 2. The first-order valence-corrected chi connectivity index (χ1v) is 8.43. The van der Waals surface area contributed by atoms with Gasteiger partial charge in [-0.25, -0.2) is 0 Å². The second kappa shape index (κ2) is 4.76. The van der Waals surface area contributed by atoms with E-state index < -0.39 is 0 Å². The standard InChI is InChI=1S/C16H18INO2/c1-4-18-11-8-6-5-7-10(11)13-14(15(18)19)20-12(9-17)16(13,2)3/h5-8,12H,4,9H2,1-3H3. The van der Waals surface area contributed by atoms with E-state index in [9.17, 15) is 4.79 Å². The van der Waals surface area contributed by atoms with Gasteiger partial charge in [0.1, 0.15) is 6.10 Å². The van der Waals surface area contributed by atoms with Gasteiger partial charge in [-0.05, 0) is 13.0 Å². The zero-order chi connectivity index (χ0) is 14.5. The van der Waals surface area contributed by atoms with Crippen LogP contribution >= 0.6 is 22.6 Å². The summed E-state index contributed by atoms with van der Waals surface area (Å²) in [6.45, 7) is 7.00. The van der Waals surface area contributed by atoms with Gasteiger partial charge < -0.3 is 9.30 Å². The van der Waals surface area contributed by atoms with Crippen molar-refractivity contribution in [3.05, 3.63) is 40.2 Å². The minimum Gasteiger partial charge on any atom is -0.483 e. The molecule has 0 N–H and O–H groups in total. The van der Waals surface area contributed by atoms with E-state index >= 15 is 0 Å². The van der Waals surface area contributed by atoms with Crippen molar-refractivity contribution in [3.63, 3.8) is 0 Å². The molecule has 0 saturated carbocycles. The van der Waals surface area contributed by atoms with E-state index in [4.69, 9.17) is 4.74 Å². The minimum absolute atomic E-state index is 0.00150. The van der Waals surface area contributed by atoms with Crippen LogP contribution in [0, 0.1) is 0 Å². The van der Waals surface area contributed by atoms with E-state index in [1.54, 1.807) is 4.57 Å². The van der Waals surface area contributed by atoms with Gasteiger partial charge in [-0.15, -0.1) is 0 Å². The van der Waals surface area contributed by atoms with Crippen molar-refractivity contribution >= 4 is 33.5 Å². The number of halogens is 1. The lowest BCUT2D eigenvalue weighted by atomic mass is 9.80. The highest BCUT2D eigenvalue weighted by Crippen LogP contribution is 2.45. The molecular weight excluding hydrogens is 365 g/mol. The molecule has 1 aliphatic heterocycles. The first-order chi connectivity index (χ1) is 9.52. The molecule has 0 aliphatic carbocycles. The number of ether oxygens (including phenoxy) is 1. The Labute approximate surface area is 132 Å². The summed E-state index contributed by atoms with van der Waals surface area (Å²) in [5.41, 5.74) is 1.94. The van der Waals surface area contributed by atoms with Gasteiger partial charge in [0.05, 0.1) is 5.52 Å². The maximum atomic E-state index is 12.7. The van der Waals surface area contributed by atoms with Crippen molar-refractivity contribution in [1.82, 2.24) is 4.57 Å². The second-order valence-electron chi connectivity index (χ2n) is 5.75.